The first kappa shape index (κ1) is 12.9. The van der Waals surface area contributed by atoms with E-state index in [1.54, 1.807) is 0 Å². The Balaban J connectivity index is 1.86. The molecule has 114 valence electrons. The molecule has 0 N–H and O–H groups in total. The van der Waals surface area contributed by atoms with Gasteiger partial charge in [-0.25, -0.2) is 0 Å². The molecule has 0 fully saturated rings. The van der Waals surface area contributed by atoms with Crippen molar-refractivity contribution < 1.29 is 9.53 Å². The number of ketones is 1. The number of carbonyl (C=O) groups is 1. The molecule has 1 atom stereocenters. The highest BCUT2D eigenvalue weighted by Gasteiger charge is 2.34. The number of hydrogen-bond acceptors (Lipinski definition) is 2. The monoisotopic (exact) mass is 303 g/mol. The average molecular weight is 303 g/mol. The molecule has 23 heavy (non-hydrogen) atoms. The highest BCUT2D eigenvalue weighted by atomic mass is 16.5. The van der Waals surface area contributed by atoms with Crippen LogP contribution in [0.25, 0.3) is 10.9 Å². The van der Waals surface area contributed by atoms with Gasteiger partial charge in [0.2, 0.25) is 0 Å². The Hall–Kier alpha value is -2.55. The molecule has 1 unspecified atom stereocenters. The van der Waals surface area contributed by atoms with Crippen LogP contribution in [0.2, 0.25) is 0 Å². The number of fused-ring (bicyclic) bond motifs is 3. The molecule has 0 saturated carbocycles. The fourth-order valence-corrected chi connectivity index (χ4v) is 4.19. The van der Waals surface area contributed by atoms with Gasteiger partial charge in [0.15, 0.2) is 5.78 Å². The van der Waals surface area contributed by atoms with Crippen LogP contribution in [0.15, 0.2) is 48.5 Å². The minimum atomic E-state index is 0.273. The fourth-order valence-electron chi connectivity index (χ4n) is 4.19. The van der Waals surface area contributed by atoms with Gasteiger partial charge in [0.25, 0.3) is 0 Å². The lowest BCUT2D eigenvalue weighted by Gasteiger charge is -2.26. The third-order valence-corrected chi connectivity index (χ3v) is 5.13. The Morgan fingerprint density at radius 2 is 1.91 bits per heavy atom. The Bertz CT molecular complexity index is 924. The van der Waals surface area contributed by atoms with E-state index in [1.165, 1.54) is 11.3 Å². The van der Waals surface area contributed by atoms with Crippen LogP contribution in [-0.4, -0.2) is 17.0 Å². The van der Waals surface area contributed by atoms with Crippen LogP contribution in [0.4, 0.5) is 0 Å². The summed E-state index contributed by atoms with van der Waals surface area (Å²) in [5.74, 6) is 1.47. The number of rotatable bonds is 1. The molecule has 0 spiro atoms. The molecule has 2 aromatic carbocycles. The van der Waals surface area contributed by atoms with E-state index in [1.807, 2.05) is 18.2 Å². The fraction of sp³-hybridized carbons (Fsp3) is 0.250. The number of Topliss-reactive ketones (excluding diaryl/α,β-unsaturated/α-hetero) is 1. The maximum absolute atomic E-state index is 12.7. The normalized spacial score (nSPS) is 19.5. The Morgan fingerprint density at radius 1 is 1.04 bits per heavy atom. The molecule has 1 aromatic heterocycles. The zero-order valence-corrected chi connectivity index (χ0v) is 12.8. The molecule has 0 radical (unpaired) electrons. The molecule has 2 aliphatic rings. The van der Waals surface area contributed by atoms with E-state index in [2.05, 4.69) is 34.9 Å². The summed E-state index contributed by atoms with van der Waals surface area (Å²) in [4.78, 5) is 12.7. The zero-order chi connectivity index (χ0) is 15.4. The molecule has 3 heteroatoms. The quantitative estimate of drug-likeness (QED) is 0.676. The summed E-state index contributed by atoms with van der Waals surface area (Å²) in [7, 11) is 0. The van der Waals surface area contributed by atoms with Gasteiger partial charge in [-0.3, -0.25) is 4.79 Å². The van der Waals surface area contributed by atoms with E-state index in [0.29, 0.717) is 18.9 Å². The first-order chi connectivity index (χ1) is 11.3. The van der Waals surface area contributed by atoms with E-state index in [9.17, 15) is 4.79 Å². The van der Waals surface area contributed by atoms with Gasteiger partial charge in [-0.1, -0.05) is 42.5 Å². The minimum Gasteiger partial charge on any atom is -0.490 e. The summed E-state index contributed by atoms with van der Waals surface area (Å²) in [6.07, 6.45) is 1.51. The highest BCUT2D eigenvalue weighted by Crippen LogP contribution is 2.44. The molecule has 1 aliphatic heterocycles. The van der Waals surface area contributed by atoms with Gasteiger partial charge >= 0.3 is 0 Å². The Morgan fingerprint density at radius 3 is 2.78 bits per heavy atom. The second-order valence-corrected chi connectivity index (χ2v) is 6.34. The summed E-state index contributed by atoms with van der Waals surface area (Å²) >= 11 is 0. The van der Waals surface area contributed by atoms with Crippen molar-refractivity contribution in [3.8, 4) is 5.75 Å². The summed E-state index contributed by atoms with van der Waals surface area (Å²) in [5, 5.41) is 1.06. The van der Waals surface area contributed by atoms with Crippen molar-refractivity contribution in [2.24, 2.45) is 0 Å². The maximum atomic E-state index is 12.7. The second kappa shape index (κ2) is 4.72. The summed E-state index contributed by atoms with van der Waals surface area (Å²) < 4.78 is 8.15. The standard InChI is InChI=1S/C20H17NO2/c22-16-10-9-14(13-5-2-1-3-6-13)20-18(16)15-7-4-8-17-19(15)21(20)11-12-23-17/h1-8,14H,9-12H2. The lowest BCUT2D eigenvalue weighted by Crippen LogP contribution is -2.22. The Kier molecular flexibility index (Phi) is 2.66. The van der Waals surface area contributed by atoms with Crippen LogP contribution < -0.4 is 4.74 Å². The second-order valence-electron chi connectivity index (χ2n) is 6.34. The van der Waals surface area contributed by atoms with Gasteiger partial charge in [0.05, 0.1) is 12.1 Å². The molecule has 2 heterocycles. The van der Waals surface area contributed by atoms with Crippen LogP contribution in [0, 0.1) is 0 Å². The smallest absolute Gasteiger partial charge is 0.165 e. The number of nitrogens with zero attached hydrogens (tertiary/aromatic N) is 1. The van der Waals surface area contributed by atoms with Gasteiger partial charge in [0.1, 0.15) is 12.4 Å². The predicted octanol–water partition coefficient (Wildman–Crippen LogP) is 4.14. The van der Waals surface area contributed by atoms with Crippen molar-refractivity contribution in [3.63, 3.8) is 0 Å². The average Bonchev–Trinajstić information content (AvgIpc) is 2.94. The van der Waals surface area contributed by atoms with Crippen molar-refractivity contribution in [1.82, 2.24) is 4.57 Å². The predicted molar refractivity (Wildman–Crippen MR) is 89.3 cm³/mol. The molecule has 3 nitrogen and oxygen atoms in total. The molecule has 5 rings (SSSR count). The van der Waals surface area contributed by atoms with E-state index in [0.717, 1.165) is 35.2 Å². The molecule has 0 amide bonds. The van der Waals surface area contributed by atoms with Crippen LogP contribution >= 0.6 is 0 Å². The third-order valence-electron chi connectivity index (χ3n) is 5.13. The molecule has 0 bridgehead atoms. The van der Waals surface area contributed by atoms with Crippen molar-refractivity contribution in [1.29, 1.82) is 0 Å². The van der Waals surface area contributed by atoms with E-state index in [4.69, 9.17) is 4.74 Å². The van der Waals surface area contributed by atoms with Crippen LogP contribution in [0.3, 0.4) is 0 Å². The van der Waals surface area contributed by atoms with Crippen molar-refractivity contribution >= 4 is 16.7 Å². The van der Waals surface area contributed by atoms with Crippen LogP contribution in [0.5, 0.6) is 5.75 Å². The van der Waals surface area contributed by atoms with Gasteiger partial charge in [-0.15, -0.1) is 0 Å². The molecule has 1 aliphatic carbocycles. The van der Waals surface area contributed by atoms with E-state index < -0.39 is 0 Å². The first-order valence-electron chi connectivity index (χ1n) is 8.20. The Labute approximate surface area is 134 Å². The number of aromatic nitrogens is 1. The van der Waals surface area contributed by atoms with Gasteiger partial charge in [0, 0.05) is 29.0 Å². The van der Waals surface area contributed by atoms with Crippen molar-refractivity contribution in [2.75, 3.05) is 6.61 Å². The zero-order valence-electron chi connectivity index (χ0n) is 12.8. The number of para-hydroxylation sites is 1. The lowest BCUT2D eigenvalue weighted by molar-refractivity contribution is 0.0969. The number of ether oxygens (including phenoxy) is 1. The van der Waals surface area contributed by atoms with Gasteiger partial charge in [-0.2, -0.15) is 0 Å². The molecule has 3 aromatic rings. The number of carbonyl (C=O) groups excluding carboxylic acids is 1. The largest absolute Gasteiger partial charge is 0.490 e. The van der Waals surface area contributed by atoms with Gasteiger partial charge in [-0.05, 0) is 18.1 Å². The van der Waals surface area contributed by atoms with Crippen LogP contribution in [-0.2, 0) is 6.54 Å². The van der Waals surface area contributed by atoms with Crippen molar-refractivity contribution in [3.05, 3.63) is 65.4 Å². The highest BCUT2D eigenvalue weighted by molar-refractivity contribution is 6.12. The first-order valence-corrected chi connectivity index (χ1v) is 8.20. The summed E-state index contributed by atoms with van der Waals surface area (Å²) in [6, 6.07) is 16.6. The minimum absolute atomic E-state index is 0.273. The van der Waals surface area contributed by atoms with E-state index >= 15 is 0 Å². The molecular weight excluding hydrogens is 286 g/mol. The lowest BCUT2D eigenvalue weighted by atomic mass is 9.81. The number of benzene rings is 2. The van der Waals surface area contributed by atoms with Crippen LogP contribution in [0.1, 0.15) is 40.4 Å². The topological polar surface area (TPSA) is 31.2 Å². The van der Waals surface area contributed by atoms with E-state index in [-0.39, 0.29) is 5.78 Å². The number of hydrogen-bond donors (Lipinski definition) is 0. The SMILES string of the molecule is O=C1CCC(c2ccccc2)c2c1c1cccc3c1n2CCO3. The van der Waals surface area contributed by atoms with Crippen molar-refractivity contribution in [2.45, 2.75) is 25.3 Å². The van der Waals surface area contributed by atoms with Gasteiger partial charge < -0.3 is 9.30 Å². The molecule has 0 saturated heterocycles. The molecular formula is C20H17NO2. The summed E-state index contributed by atoms with van der Waals surface area (Å²) in [6.45, 7) is 1.49. The summed E-state index contributed by atoms with van der Waals surface area (Å²) in [5.41, 5.74) is 4.51. The third kappa shape index (κ3) is 1.73. The maximum Gasteiger partial charge on any atom is 0.165 e.